The van der Waals surface area contributed by atoms with Crippen LogP contribution in [0.5, 0.6) is 0 Å². The summed E-state index contributed by atoms with van der Waals surface area (Å²) in [5.41, 5.74) is 0.835. The van der Waals surface area contributed by atoms with Crippen molar-refractivity contribution in [2.75, 3.05) is 12.0 Å². The van der Waals surface area contributed by atoms with E-state index in [0.29, 0.717) is 6.54 Å². The molecule has 0 radical (unpaired) electrons. The Balaban J connectivity index is 1.98. The Kier molecular flexibility index (Phi) is 4.19. The van der Waals surface area contributed by atoms with Gasteiger partial charge in [-0.3, -0.25) is 9.78 Å². The van der Waals surface area contributed by atoms with Crippen molar-refractivity contribution in [3.63, 3.8) is 0 Å². The SMILES string of the molecule is CS(=O)(=O)CCC(=O)N(Cc1ccccn1)C1CC1. The maximum Gasteiger partial charge on any atom is 0.224 e. The summed E-state index contributed by atoms with van der Waals surface area (Å²) in [6.07, 6.45) is 4.90. The Labute approximate surface area is 113 Å². The van der Waals surface area contributed by atoms with E-state index in [4.69, 9.17) is 0 Å². The molecule has 0 aromatic carbocycles. The van der Waals surface area contributed by atoms with Crippen molar-refractivity contribution in [2.45, 2.75) is 31.8 Å². The normalized spacial score (nSPS) is 15.2. The minimum atomic E-state index is -3.09. The molecule has 19 heavy (non-hydrogen) atoms. The van der Waals surface area contributed by atoms with Crippen LogP contribution in [0.25, 0.3) is 0 Å². The summed E-state index contributed by atoms with van der Waals surface area (Å²) in [4.78, 5) is 18.1. The third kappa shape index (κ3) is 4.63. The zero-order valence-electron chi connectivity index (χ0n) is 10.9. The Bertz CT molecular complexity index is 538. The number of nitrogens with zero attached hydrogens (tertiary/aromatic N) is 2. The molecule has 1 amide bonds. The highest BCUT2D eigenvalue weighted by molar-refractivity contribution is 7.90. The zero-order chi connectivity index (χ0) is 13.9. The molecule has 0 bridgehead atoms. The molecule has 1 aromatic heterocycles. The predicted octanol–water partition coefficient (Wildman–Crippen LogP) is 1.01. The molecular weight excluding hydrogens is 264 g/mol. The van der Waals surface area contributed by atoms with Gasteiger partial charge < -0.3 is 4.90 Å². The largest absolute Gasteiger partial charge is 0.334 e. The molecule has 1 aliphatic carbocycles. The standard InChI is InChI=1S/C13H18N2O3S/c1-19(17,18)9-7-13(16)15(12-5-6-12)10-11-4-2-3-8-14-11/h2-4,8,12H,5-7,9-10H2,1H3. The average molecular weight is 282 g/mol. The number of sulfone groups is 1. The predicted molar refractivity (Wildman–Crippen MR) is 72.1 cm³/mol. The lowest BCUT2D eigenvalue weighted by atomic mass is 10.3. The lowest BCUT2D eigenvalue weighted by Crippen LogP contribution is -2.33. The molecule has 1 saturated carbocycles. The summed E-state index contributed by atoms with van der Waals surface area (Å²) < 4.78 is 22.2. The zero-order valence-corrected chi connectivity index (χ0v) is 11.8. The summed E-state index contributed by atoms with van der Waals surface area (Å²) >= 11 is 0. The molecule has 1 aliphatic rings. The molecule has 1 aromatic rings. The molecule has 0 atom stereocenters. The molecule has 0 N–H and O–H groups in total. The summed E-state index contributed by atoms with van der Waals surface area (Å²) in [6.45, 7) is 0.466. The summed E-state index contributed by atoms with van der Waals surface area (Å²) in [6, 6.07) is 5.85. The van der Waals surface area contributed by atoms with Gasteiger partial charge in [0, 0.05) is 24.9 Å². The summed E-state index contributed by atoms with van der Waals surface area (Å²) in [7, 11) is -3.09. The van der Waals surface area contributed by atoms with Crippen LogP contribution in [-0.2, 0) is 21.2 Å². The van der Waals surface area contributed by atoms with E-state index in [-0.39, 0.29) is 24.1 Å². The van der Waals surface area contributed by atoms with E-state index in [2.05, 4.69) is 4.98 Å². The number of amides is 1. The van der Waals surface area contributed by atoms with Crippen molar-refractivity contribution in [1.29, 1.82) is 0 Å². The molecular formula is C13H18N2O3S. The van der Waals surface area contributed by atoms with E-state index < -0.39 is 9.84 Å². The van der Waals surface area contributed by atoms with Crippen LogP contribution >= 0.6 is 0 Å². The van der Waals surface area contributed by atoms with E-state index >= 15 is 0 Å². The number of hydrogen-bond acceptors (Lipinski definition) is 4. The Morgan fingerprint density at radius 1 is 1.42 bits per heavy atom. The van der Waals surface area contributed by atoms with Crippen molar-refractivity contribution in [2.24, 2.45) is 0 Å². The molecule has 104 valence electrons. The fourth-order valence-corrected chi connectivity index (χ4v) is 2.44. The molecule has 0 aliphatic heterocycles. The van der Waals surface area contributed by atoms with Crippen molar-refractivity contribution in [3.05, 3.63) is 30.1 Å². The number of carbonyl (C=O) groups is 1. The highest BCUT2D eigenvalue weighted by Crippen LogP contribution is 2.28. The number of aromatic nitrogens is 1. The van der Waals surface area contributed by atoms with Gasteiger partial charge in [-0.1, -0.05) is 6.07 Å². The highest BCUT2D eigenvalue weighted by atomic mass is 32.2. The first-order chi connectivity index (χ1) is 8.96. The minimum Gasteiger partial charge on any atom is -0.334 e. The van der Waals surface area contributed by atoms with Gasteiger partial charge in [-0.25, -0.2) is 8.42 Å². The molecule has 1 heterocycles. The van der Waals surface area contributed by atoms with E-state index in [9.17, 15) is 13.2 Å². The lowest BCUT2D eigenvalue weighted by Gasteiger charge is -2.22. The van der Waals surface area contributed by atoms with Gasteiger partial charge in [0.1, 0.15) is 9.84 Å². The fraction of sp³-hybridized carbons (Fsp3) is 0.538. The summed E-state index contributed by atoms with van der Waals surface area (Å²) in [5.74, 6) is -0.185. The van der Waals surface area contributed by atoms with Gasteiger partial charge in [0.15, 0.2) is 0 Å². The van der Waals surface area contributed by atoms with Crippen LogP contribution < -0.4 is 0 Å². The van der Waals surface area contributed by atoms with Gasteiger partial charge >= 0.3 is 0 Å². The molecule has 0 unspecified atom stereocenters. The summed E-state index contributed by atoms with van der Waals surface area (Å²) in [5, 5.41) is 0. The second kappa shape index (κ2) is 5.69. The van der Waals surface area contributed by atoms with Gasteiger partial charge in [0.2, 0.25) is 5.91 Å². The van der Waals surface area contributed by atoms with Crippen molar-refractivity contribution < 1.29 is 13.2 Å². The van der Waals surface area contributed by atoms with Crippen LogP contribution in [0.4, 0.5) is 0 Å². The van der Waals surface area contributed by atoms with Crippen molar-refractivity contribution >= 4 is 15.7 Å². The van der Waals surface area contributed by atoms with Gasteiger partial charge in [-0.2, -0.15) is 0 Å². The second-order valence-corrected chi connectivity index (χ2v) is 7.21. The highest BCUT2D eigenvalue weighted by Gasteiger charge is 2.32. The first kappa shape index (κ1) is 14.0. The molecule has 5 nitrogen and oxygen atoms in total. The lowest BCUT2D eigenvalue weighted by molar-refractivity contribution is -0.132. The van der Waals surface area contributed by atoms with E-state index in [0.717, 1.165) is 24.8 Å². The fourth-order valence-electron chi connectivity index (χ4n) is 1.89. The third-order valence-corrected chi connectivity index (χ3v) is 4.00. The van der Waals surface area contributed by atoms with E-state index in [1.165, 1.54) is 0 Å². The number of pyridine rings is 1. The van der Waals surface area contributed by atoms with Crippen molar-refractivity contribution in [1.82, 2.24) is 9.88 Å². The topological polar surface area (TPSA) is 67.3 Å². The van der Waals surface area contributed by atoms with Crippen LogP contribution in [0.15, 0.2) is 24.4 Å². The molecule has 6 heteroatoms. The Morgan fingerprint density at radius 2 is 2.16 bits per heavy atom. The van der Waals surface area contributed by atoms with Crippen molar-refractivity contribution in [3.8, 4) is 0 Å². The maximum atomic E-state index is 12.1. The Hall–Kier alpha value is -1.43. The number of hydrogen-bond donors (Lipinski definition) is 0. The first-order valence-electron chi connectivity index (χ1n) is 6.33. The van der Waals surface area contributed by atoms with Gasteiger partial charge in [0.25, 0.3) is 0 Å². The van der Waals surface area contributed by atoms with Gasteiger partial charge in [-0.05, 0) is 25.0 Å². The van der Waals surface area contributed by atoms with E-state index in [1.54, 1.807) is 11.1 Å². The Morgan fingerprint density at radius 3 is 2.68 bits per heavy atom. The van der Waals surface area contributed by atoms with Crippen LogP contribution in [0.2, 0.25) is 0 Å². The van der Waals surface area contributed by atoms with Crippen LogP contribution in [0.1, 0.15) is 25.0 Å². The first-order valence-corrected chi connectivity index (χ1v) is 8.39. The molecule has 0 spiro atoms. The molecule has 1 fully saturated rings. The third-order valence-electron chi connectivity index (χ3n) is 3.05. The molecule has 2 rings (SSSR count). The van der Waals surface area contributed by atoms with E-state index in [1.807, 2.05) is 18.2 Å². The van der Waals surface area contributed by atoms with Gasteiger partial charge in [0.05, 0.1) is 18.0 Å². The molecule has 0 saturated heterocycles. The van der Waals surface area contributed by atoms with Gasteiger partial charge in [-0.15, -0.1) is 0 Å². The number of rotatable bonds is 6. The van der Waals surface area contributed by atoms with Crippen LogP contribution in [-0.4, -0.2) is 42.3 Å². The quantitative estimate of drug-likeness (QED) is 0.781. The monoisotopic (exact) mass is 282 g/mol. The second-order valence-electron chi connectivity index (χ2n) is 4.95. The average Bonchev–Trinajstić information content (AvgIpc) is 3.18. The smallest absolute Gasteiger partial charge is 0.224 e. The van der Waals surface area contributed by atoms with Crippen LogP contribution in [0, 0.1) is 0 Å². The number of carbonyl (C=O) groups excluding carboxylic acids is 1. The van der Waals surface area contributed by atoms with Crippen LogP contribution in [0.3, 0.4) is 0 Å². The maximum absolute atomic E-state index is 12.1. The minimum absolute atomic E-state index is 0.0577.